The first-order valence-corrected chi connectivity index (χ1v) is 6.84. The van der Waals surface area contributed by atoms with E-state index >= 15 is 0 Å². The van der Waals surface area contributed by atoms with E-state index in [4.69, 9.17) is 14.5 Å². The first kappa shape index (κ1) is 13.7. The topological polar surface area (TPSA) is 57.1 Å². The van der Waals surface area contributed by atoms with E-state index in [0.29, 0.717) is 12.3 Å². The zero-order chi connectivity index (χ0) is 14.6. The second-order valence-corrected chi connectivity index (χ2v) is 6.49. The fourth-order valence-electron chi connectivity index (χ4n) is 3.66. The van der Waals surface area contributed by atoms with Gasteiger partial charge in [0.15, 0.2) is 5.60 Å². The second kappa shape index (κ2) is 4.10. The van der Waals surface area contributed by atoms with Gasteiger partial charge in [-0.3, -0.25) is 0 Å². The molecule has 20 heavy (non-hydrogen) atoms. The highest BCUT2D eigenvalue weighted by Gasteiger charge is 2.78. The molecule has 0 amide bonds. The number of rotatable bonds is 3. The van der Waals surface area contributed by atoms with E-state index in [1.54, 1.807) is 18.2 Å². The summed E-state index contributed by atoms with van der Waals surface area (Å²) in [6.07, 6.45) is 0. The maximum Gasteiger partial charge on any atom is 0.261 e. The van der Waals surface area contributed by atoms with Gasteiger partial charge in [-0.15, -0.1) is 4.91 Å². The fraction of sp³-hybridized carbons (Fsp3) is 0.600. The van der Waals surface area contributed by atoms with Crippen molar-refractivity contribution in [2.75, 3.05) is 6.61 Å². The lowest BCUT2D eigenvalue weighted by molar-refractivity contribution is -0.618. The number of nitrogens with zero attached hydrogens (tertiary/aromatic N) is 1. The van der Waals surface area contributed by atoms with Gasteiger partial charge in [0.25, 0.3) is 5.79 Å². The van der Waals surface area contributed by atoms with Crippen LogP contribution in [0, 0.1) is 16.2 Å². The molecule has 1 aromatic rings. The average Bonchev–Trinajstić information content (AvgIpc) is 2.53. The molecule has 2 fully saturated rings. The molecule has 0 aromatic heterocycles. The monoisotopic (exact) mass is 277 g/mol. The average molecular weight is 277 g/mol. The third-order valence-electron chi connectivity index (χ3n) is 4.57. The maximum absolute atomic E-state index is 10.8. The second-order valence-electron chi connectivity index (χ2n) is 6.49. The summed E-state index contributed by atoms with van der Waals surface area (Å²) in [5.41, 5.74) is 0.379. The van der Waals surface area contributed by atoms with Gasteiger partial charge in [-0.1, -0.05) is 39.8 Å². The maximum atomic E-state index is 10.8. The van der Waals surface area contributed by atoms with Crippen molar-refractivity contribution in [1.29, 1.82) is 0 Å². The van der Waals surface area contributed by atoms with Crippen LogP contribution in [0.25, 0.3) is 0 Å². The molecule has 1 aromatic carbocycles. The summed E-state index contributed by atoms with van der Waals surface area (Å²) in [7, 11) is 0. The quantitative estimate of drug-likeness (QED) is 0.625. The van der Waals surface area contributed by atoms with E-state index in [2.05, 4.69) is 32.9 Å². The van der Waals surface area contributed by atoms with E-state index in [1.807, 2.05) is 6.07 Å². The van der Waals surface area contributed by atoms with Gasteiger partial charge in [0.05, 0.1) is 6.61 Å². The zero-order valence-electron chi connectivity index (χ0n) is 12.2. The Labute approximate surface area is 118 Å². The van der Waals surface area contributed by atoms with Gasteiger partial charge < -0.3 is 4.74 Å². The lowest BCUT2D eigenvalue weighted by atomic mass is 9.64. The normalized spacial score (nSPS) is 34.6. The van der Waals surface area contributed by atoms with E-state index in [1.165, 1.54) is 0 Å². The molecule has 2 unspecified atom stereocenters. The Morgan fingerprint density at radius 1 is 1.25 bits per heavy atom. The van der Waals surface area contributed by atoms with Crippen molar-refractivity contribution in [2.24, 2.45) is 16.5 Å². The van der Waals surface area contributed by atoms with Crippen LogP contribution in [0.3, 0.4) is 0 Å². The Kier molecular flexibility index (Phi) is 2.80. The summed E-state index contributed by atoms with van der Waals surface area (Å²) in [5.74, 6) is -0.757. The van der Waals surface area contributed by atoms with Gasteiger partial charge >= 0.3 is 0 Å². The van der Waals surface area contributed by atoms with Gasteiger partial charge in [-0.2, -0.15) is 4.89 Å². The summed E-state index contributed by atoms with van der Waals surface area (Å²) in [5, 5.41) is 2.98. The van der Waals surface area contributed by atoms with Crippen molar-refractivity contribution < 1.29 is 14.5 Å². The highest BCUT2D eigenvalue weighted by molar-refractivity contribution is 5.43. The Morgan fingerprint density at radius 3 is 2.55 bits per heavy atom. The molecule has 2 heterocycles. The number of ether oxygens (including phenoxy) is 1. The number of hydrogen-bond donors (Lipinski definition) is 0. The molecule has 0 radical (unpaired) electrons. The molecular formula is C15H19NO4. The molecule has 2 aliphatic rings. The van der Waals surface area contributed by atoms with Crippen molar-refractivity contribution >= 4 is 5.69 Å². The fourth-order valence-corrected chi connectivity index (χ4v) is 3.66. The van der Waals surface area contributed by atoms with E-state index in [9.17, 15) is 4.91 Å². The van der Waals surface area contributed by atoms with E-state index < -0.39 is 11.4 Å². The largest absolute Gasteiger partial charge is 0.341 e. The molecule has 5 nitrogen and oxygen atoms in total. The van der Waals surface area contributed by atoms with Crippen molar-refractivity contribution in [3.05, 3.63) is 34.7 Å². The van der Waals surface area contributed by atoms with Crippen LogP contribution in [0.1, 0.15) is 33.3 Å². The number of fused-ring (bicyclic) bond motifs is 1. The lowest BCUT2D eigenvalue weighted by Crippen LogP contribution is -2.69. The lowest BCUT2D eigenvalue weighted by Gasteiger charge is -2.57. The van der Waals surface area contributed by atoms with Crippen molar-refractivity contribution in [1.82, 2.24) is 0 Å². The third-order valence-corrected chi connectivity index (χ3v) is 4.57. The third kappa shape index (κ3) is 1.38. The smallest absolute Gasteiger partial charge is 0.261 e. The van der Waals surface area contributed by atoms with Crippen LogP contribution in [0.4, 0.5) is 5.69 Å². The summed E-state index contributed by atoms with van der Waals surface area (Å²) in [4.78, 5) is 21.8. The van der Waals surface area contributed by atoms with Gasteiger partial charge in [-0.05, 0) is 23.2 Å². The molecule has 2 atom stereocenters. The Balaban J connectivity index is 2.14. The van der Waals surface area contributed by atoms with Crippen LogP contribution in [-0.2, 0) is 20.3 Å². The molecule has 0 N–H and O–H groups in total. The molecule has 5 heteroatoms. The Hall–Kier alpha value is -1.30. The van der Waals surface area contributed by atoms with Gasteiger partial charge in [0.1, 0.15) is 5.69 Å². The minimum atomic E-state index is -0.953. The minimum Gasteiger partial charge on any atom is -0.341 e. The van der Waals surface area contributed by atoms with Crippen LogP contribution in [0.5, 0.6) is 0 Å². The molecule has 0 saturated carbocycles. The van der Waals surface area contributed by atoms with Crippen molar-refractivity contribution in [3.63, 3.8) is 0 Å². The van der Waals surface area contributed by atoms with Gasteiger partial charge in [0, 0.05) is 11.0 Å². The standard InChI is InChI=1S/C15H19NO4/c1-10(2)14-13(3,4)9-18-15(14,20-19-14)11-6-5-7-12(8-11)16-17/h5-8,10H,9H2,1-4H3. The number of nitroso groups, excluding NO2 is 1. The molecule has 0 spiro atoms. The van der Waals surface area contributed by atoms with Crippen LogP contribution >= 0.6 is 0 Å². The van der Waals surface area contributed by atoms with E-state index in [-0.39, 0.29) is 11.3 Å². The molecule has 108 valence electrons. The van der Waals surface area contributed by atoms with Crippen molar-refractivity contribution in [2.45, 2.75) is 39.1 Å². The highest BCUT2D eigenvalue weighted by atomic mass is 17.3. The zero-order valence-corrected chi connectivity index (χ0v) is 12.2. The summed E-state index contributed by atoms with van der Waals surface area (Å²) >= 11 is 0. The Morgan fingerprint density at radius 2 is 2.00 bits per heavy atom. The highest BCUT2D eigenvalue weighted by Crippen LogP contribution is 2.65. The summed E-state index contributed by atoms with van der Waals surface area (Å²) in [6, 6.07) is 7.02. The van der Waals surface area contributed by atoms with Gasteiger partial charge in [0.2, 0.25) is 0 Å². The molecule has 2 aliphatic heterocycles. The summed E-state index contributed by atoms with van der Waals surface area (Å²) < 4.78 is 6.01. The van der Waals surface area contributed by atoms with Crippen LogP contribution in [0.15, 0.2) is 29.4 Å². The summed E-state index contributed by atoms with van der Waals surface area (Å²) in [6.45, 7) is 8.94. The minimum absolute atomic E-state index is 0.190. The predicted octanol–water partition coefficient (Wildman–Crippen LogP) is 3.65. The molecule has 0 aliphatic carbocycles. The molecule has 2 saturated heterocycles. The Bertz CT molecular complexity index is 557. The van der Waals surface area contributed by atoms with Crippen molar-refractivity contribution in [3.8, 4) is 0 Å². The van der Waals surface area contributed by atoms with Crippen LogP contribution in [-0.4, -0.2) is 12.2 Å². The number of hydrogen-bond acceptors (Lipinski definition) is 5. The first-order chi connectivity index (χ1) is 9.39. The molecular weight excluding hydrogens is 258 g/mol. The predicted molar refractivity (Wildman–Crippen MR) is 73.0 cm³/mol. The first-order valence-electron chi connectivity index (χ1n) is 6.84. The molecule has 0 bridgehead atoms. The SMILES string of the molecule is CC(C)C12OOC1(c1cccc(N=O)c1)OCC2(C)C. The van der Waals surface area contributed by atoms with Crippen LogP contribution in [0.2, 0.25) is 0 Å². The van der Waals surface area contributed by atoms with E-state index in [0.717, 1.165) is 5.56 Å². The van der Waals surface area contributed by atoms with Gasteiger partial charge in [-0.25, -0.2) is 4.89 Å². The molecule has 3 rings (SSSR count). The number of benzene rings is 1. The van der Waals surface area contributed by atoms with Crippen LogP contribution < -0.4 is 0 Å².